The van der Waals surface area contributed by atoms with Crippen molar-refractivity contribution in [2.75, 3.05) is 14.2 Å². The zero-order valence-corrected chi connectivity index (χ0v) is 16.5. The van der Waals surface area contributed by atoms with Gasteiger partial charge in [-0.15, -0.1) is 0 Å². The highest BCUT2D eigenvalue weighted by Crippen LogP contribution is 2.42. The Kier molecular flexibility index (Phi) is 5.56. The number of thioether (sulfide) groups is 1. The summed E-state index contributed by atoms with van der Waals surface area (Å²) in [7, 11) is 3.09. The molecule has 1 aliphatic rings. The summed E-state index contributed by atoms with van der Waals surface area (Å²) in [5.74, 6) is 0.515. The Morgan fingerprint density at radius 3 is 2.15 bits per heavy atom. The highest BCUT2D eigenvalue weighted by atomic mass is 32.2. The largest absolute Gasteiger partial charge is 0.493 e. The predicted octanol–water partition coefficient (Wildman–Crippen LogP) is 3.98. The number of carbonyl (C=O) groups excluding carboxylic acids is 2. The minimum atomic E-state index is -0.291. The van der Waals surface area contributed by atoms with Gasteiger partial charge in [0.1, 0.15) is 0 Å². The number of methoxy groups -OCH3 is 2. The fourth-order valence-electron chi connectivity index (χ4n) is 2.94. The van der Waals surface area contributed by atoms with E-state index in [1.807, 2.05) is 44.2 Å². The first-order valence-corrected chi connectivity index (χ1v) is 9.37. The smallest absolute Gasteiger partial charge is 0.268 e. The van der Waals surface area contributed by atoms with Crippen LogP contribution in [0.3, 0.4) is 0 Å². The van der Waals surface area contributed by atoms with E-state index in [4.69, 9.17) is 9.47 Å². The number of rotatable bonds is 6. The number of benzene rings is 2. The molecule has 5 nitrogen and oxygen atoms in total. The maximum absolute atomic E-state index is 13.1. The molecule has 0 atom stereocenters. The molecule has 2 amide bonds. The van der Waals surface area contributed by atoms with Crippen LogP contribution in [0.1, 0.15) is 19.4 Å². The van der Waals surface area contributed by atoms with E-state index in [0.29, 0.717) is 27.5 Å². The Balaban J connectivity index is 2.13. The number of carbonyl (C=O) groups is 2. The summed E-state index contributed by atoms with van der Waals surface area (Å²) in [4.78, 5) is 28.7. The monoisotopic (exact) mass is 383 g/mol. The second-order valence-corrected chi connectivity index (χ2v) is 7.35. The Hall–Kier alpha value is -2.73. The molecule has 0 saturated carbocycles. The third-order valence-electron chi connectivity index (χ3n) is 4.22. The lowest BCUT2D eigenvalue weighted by atomic mass is 10.1. The van der Waals surface area contributed by atoms with E-state index < -0.39 is 0 Å². The van der Waals surface area contributed by atoms with Crippen LogP contribution < -0.4 is 9.47 Å². The lowest BCUT2D eigenvalue weighted by Gasteiger charge is -2.19. The Morgan fingerprint density at radius 1 is 0.889 bits per heavy atom. The molecule has 0 N–H and O–H groups in total. The van der Waals surface area contributed by atoms with Crippen LogP contribution in [0.2, 0.25) is 0 Å². The highest BCUT2D eigenvalue weighted by Gasteiger charge is 2.41. The number of hydrogen-bond acceptors (Lipinski definition) is 5. The van der Waals surface area contributed by atoms with Crippen LogP contribution in [0.25, 0.3) is 5.57 Å². The third-order valence-corrected chi connectivity index (χ3v) is 5.32. The van der Waals surface area contributed by atoms with E-state index in [0.717, 1.165) is 4.90 Å². The van der Waals surface area contributed by atoms with Gasteiger partial charge in [-0.2, -0.15) is 0 Å². The van der Waals surface area contributed by atoms with Crippen molar-refractivity contribution in [1.82, 2.24) is 4.90 Å². The number of imide groups is 1. The van der Waals surface area contributed by atoms with Crippen LogP contribution >= 0.6 is 11.8 Å². The van der Waals surface area contributed by atoms with Gasteiger partial charge >= 0.3 is 0 Å². The summed E-state index contributed by atoms with van der Waals surface area (Å²) in [6.45, 7) is 3.66. The Labute approximate surface area is 163 Å². The topological polar surface area (TPSA) is 55.8 Å². The Morgan fingerprint density at radius 2 is 1.56 bits per heavy atom. The van der Waals surface area contributed by atoms with Crippen LogP contribution in [-0.4, -0.2) is 37.0 Å². The van der Waals surface area contributed by atoms with Crippen LogP contribution in [0, 0.1) is 0 Å². The quantitative estimate of drug-likeness (QED) is 0.706. The van der Waals surface area contributed by atoms with Gasteiger partial charge in [0.25, 0.3) is 11.8 Å². The molecule has 2 aromatic rings. The van der Waals surface area contributed by atoms with E-state index >= 15 is 0 Å². The van der Waals surface area contributed by atoms with E-state index in [1.54, 1.807) is 25.3 Å². The molecule has 140 valence electrons. The van der Waals surface area contributed by atoms with Crippen molar-refractivity contribution in [3.05, 3.63) is 59.0 Å². The number of nitrogens with zero attached hydrogens (tertiary/aromatic N) is 1. The number of ether oxygens (including phenoxy) is 2. The summed E-state index contributed by atoms with van der Waals surface area (Å²) in [5, 5.41) is 0. The number of hydrogen-bond donors (Lipinski definition) is 0. The van der Waals surface area contributed by atoms with Gasteiger partial charge in [0.05, 0.1) is 24.7 Å². The van der Waals surface area contributed by atoms with Crippen molar-refractivity contribution in [2.45, 2.75) is 24.8 Å². The summed E-state index contributed by atoms with van der Waals surface area (Å²) >= 11 is 1.31. The molecular weight excluding hydrogens is 362 g/mol. The zero-order chi connectivity index (χ0) is 19.6. The van der Waals surface area contributed by atoms with Gasteiger partial charge in [-0.25, -0.2) is 0 Å². The van der Waals surface area contributed by atoms with Crippen molar-refractivity contribution >= 4 is 29.1 Å². The Bertz CT molecular complexity index is 906. The maximum atomic E-state index is 13.1. The van der Waals surface area contributed by atoms with Crippen molar-refractivity contribution in [2.24, 2.45) is 0 Å². The first-order chi connectivity index (χ1) is 13.0. The first-order valence-electron chi connectivity index (χ1n) is 8.55. The maximum Gasteiger partial charge on any atom is 0.268 e. The molecule has 0 aromatic heterocycles. The van der Waals surface area contributed by atoms with Crippen LogP contribution in [-0.2, 0) is 9.59 Å². The van der Waals surface area contributed by atoms with Crippen molar-refractivity contribution < 1.29 is 19.1 Å². The highest BCUT2D eigenvalue weighted by molar-refractivity contribution is 8.04. The second kappa shape index (κ2) is 7.88. The first kappa shape index (κ1) is 19.0. The van der Waals surface area contributed by atoms with Crippen molar-refractivity contribution in [3.8, 4) is 11.5 Å². The predicted molar refractivity (Wildman–Crippen MR) is 106 cm³/mol. The molecule has 0 radical (unpaired) electrons. The molecule has 0 fully saturated rings. The van der Waals surface area contributed by atoms with E-state index in [2.05, 4.69) is 0 Å². The molecule has 1 heterocycles. The average molecular weight is 383 g/mol. The van der Waals surface area contributed by atoms with Crippen molar-refractivity contribution in [1.29, 1.82) is 0 Å². The summed E-state index contributed by atoms with van der Waals surface area (Å²) in [6, 6.07) is 14.6. The van der Waals surface area contributed by atoms with Gasteiger partial charge < -0.3 is 9.47 Å². The second-order valence-electron chi connectivity index (χ2n) is 6.26. The molecule has 1 aliphatic heterocycles. The molecule has 0 saturated heterocycles. The molecule has 0 unspecified atom stereocenters. The number of amides is 2. The lowest BCUT2D eigenvalue weighted by Crippen LogP contribution is -2.37. The van der Waals surface area contributed by atoms with Crippen LogP contribution in [0.4, 0.5) is 0 Å². The molecule has 6 heteroatoms. The summed E-state index contributed by atoms with van der Waals surface area (Å²) in [5.41, 5.74) is 1.02. The van der Waals surface area contributed by atoms with E-state index in [1.165, 1.54) is 23.8 Å². The van der Waals surface area contributed by atoms with Gasteiger partial charge in [-0.1, -0.05) is 36.0 Å². The van der Waals surface area contributed by atoms with Gasteiger partial charge in [0, 0.05) is 10.9 Å². The van der Waals surface area contributed by atoms with Gasteiger partial charge in [0.2, 0.25) is 0 Å². The molecule has 27 heavy (non-hydrogen) atoms. The van der Waals surface area contributed by atoms with E-state index in [9.17, 15) is 9.59 Å². The minimum Gasteiger partial charge on any atom is -0.493 e. The molecular formula is C21H21NO4S. The summed E-state index contributed by atoms with van der Waals surface area (Å²) < 4.78 is 10.6. The lowest BCUT2D eigenvalue weighted by molar-refractivity contribution is -0.138. The fourth-order valence-corrected chi connectivity index (χ4v) is 3.96. The van der Waals surface area contributed by atoms with Crippen LogP contribution in [0.15, 0.2) is 58.3 Å². The standard InChI is InChI=1S/C21H21NO4S/c1-13(2)22-20(23)18(14-10-11-16(25-3)17(12-14)26-4)19(21(22)24)27-15-8-6-5-7-9-15/h5-13H,1-4H3. The van der Waals surface area contributed by atoms with Gasteiger partial charge in [-0.05, 0) is 43.7 Å². The SMILES string of the molecule is COc1ccc(C2=C(Sc3ccccc3)C(=O)N(C(C)C)C2=O)cc1OC. The molecule has 0 bridgehead atoms. The zero-order valence-electron chi connectivity index (χ0n) is 15.7. The fraction of sp³-hybridized carbons (Fsp3) is 0.238. The molecule has 3 rings (SSSR count). The molecule has 0 aliphatic carbocycles. The molecule has 2 aromatic carbocycles. The van der Waals surface area contributed by atoms with Gasteiger partial charge in [-0.3, -0.25) is 14.5 Å². The minimum absolute atomic E-state index is 0.228. The van der Waals surface area contributed by atoms with Crippen LogP contribution in [0.5, 0.6) is 11.5 Å². The van der Waals surface area contributed by atoms with Gasteiger partial charge in [0.15, 0.2) is 11.5 Å². The normalized spacial score (nSPS) is 14.3. The average Bonchev–Trinajstić information content (AvgIpc) is 2.92. The van der Waals surface area contributed by atoms with Crippen molar-refractivity contribution in [3.63, 3.8) is 0 Å². The molecule has 0 spiro atoms. The third kappa shape index (κ3) is 3.57. The van der Waals surface area contributed by atoms with E-state index in [-0.39, 0.29) is 17.9 Å². The summed E-state index contributed by atoms with van der Waals surface area (Å²) in [6.07, 6.45) is 0.